The van der Waals surface area contributed by atoms with Crippen molar-refractivity contribution in [2.24, 2.45) is 0 Å². The second kappa shape index (κ2) is 6.34. The zero-order valence-electron chi connectivity index (χ0n) is 9.88. The molecule has 0 fully saturated rings. The molecule has 1 rings (SSSR count). The number of halogens is 3. The Morgan fingerprint density at radius 2 is 2.06 bits per heavy atom. The van der Waals surface area contributed by atoms with Gasteiger partial charge in [0.15, 0.2) is 0 Å². The van der Waals surface area contributed by atoms with Crippen molar-refractivity contribution in [2.45, 2.75) is 6.18 Å². The Bertz CT molecular complexity index is 383. The smallest absolute Gasteiger partial charge is 0.411 e. The van der Waals surface area contributed by atoms with Crippen molar-refractivity contribution in [2.75, 3.05) is 37.9 Å². The first-order chi connectivity index (χ1) is 8.42. The Hall–Kier alpha value is -1.63. The molecule has 0 radical (unpaired) electrons. The van der Waals surface area contributed by atoms with Gasteiger partial charge in [0.2, 0.25) is 0 Å². The second-order valence-electron chi connectivity index (χ2n) is 3.55. The molecule has 0 saturated carbocycles. The van der Waals surface area contributed by atoms with Gasteiger partial charge in [0.25, 0.3) is 0 Å². The van der Waals surface area contributed by atoms with Gasteiger partial charge in [-0.2, -0.15) is 13.2 Å². The fraction of sp³-hybridized carbons (Fsp3) is 0.455. The second-order valence-corrected chi connectivity index (χ2v) is 3.55. The first-order valence-electron chi connectivity index (χ1n) is 5.24. The molecule has 0 spiro atoms. The van der Waals surface area contributed by atoms with Gasteiger partial charge in [0.05, 0.1) is 25.1 Å². The lowest BCUT2D eigenvalue weighted by molar-refractivity contribution is -0.172. The van der Waals surface area contributed by atoms with Gasteiger partial charge >= 0.3 is 6.18 Å². The number of hydrogen-bond acceptors (Lipinski definition) is 4. The molecule has 0 aliphatic rings. The van der Waals surface area contributed by atoms with E-state index in [0.29, 0.717) is 17.1 Å². The maximum absolute atomic E-state index is 11.8. The molecular weight excluding hydrogens is 249 g/mol. The van der Waals surface area contributed by atoms with Gasteiger partial charge in [-0.3, -0.25) is 0 Å². The zero-order valence-corrected chi connectivity index (χ0v) is 9.88. The van der Waals surface area contributed by atoms with E-state index in [0.717, 1.165) is 0 Å². The third-order valence-electron chi connectivity index (χ3n) is 2.09. The summed E-state index contributed by atoms with van der Waals surface area (Å²) in [6, 6.07) is 5.02. The van der Waals surface area contributed by atoms with Crippen LogP contribution < -0.4 is 15.8 Å². The van der Waals surface area contributed by atoms with E-state index in [4.69, 9.17) is 10.5 Å². The third-order valence-corrected chi connectivity index (χ3v) is 2.09. The van der Waals surface area contributed by atoms with E-state index >= 15 is 0 Å². The molecule has 102 valence electrons. The van der Waals surface area contributed by atoms with Crippen LogP contribution in [0.25, 0.3) is 0 Å². The molecule has 1 aromatic carbocycles. The van der Waals surface area contributed by atoms with E-state index < -0.39 is 12.8 Å². The number of hydrogen-bond donors (Lipinski definition) is 2. The van der Waals surface area contributed by atoms with Crippen LogP contribution in [-0.4, -0.2) is 33.0 Å². The molecule has 18 heavy (non-hydrogen) atoms. The summed E-state index contributed by atoms with van der Waals surface area (Å²) in [7, 11) is 1.52. The molecular formula is C11H15F3N2O2. The number of methoxy groups -OCH3 is 1. The quantitative estimate of drug-likeness (QED) is 0.611. The van der Waals surface area contributed by atoms with Crippen molar-refractivity contribution in [1.29, 1.82) is 0 Å². The number of anilines is 2. The maximum atomic E-state index is 11.8. The molecule has 4 nitrogen and oxygen atoms in total. The van der Waals surface area contributed by atoms with Crippen molar-refractivity contribution in [3.63, 3.8) is 0 Å². The van der Waals surface area contributed by atoms with Gasteiger partial charge in [0, 0.05) is 12.6 Å². The minimum absolute atomic E-state index is 0.0506. The summed E-state index contributed by atoms with van der Waals surface area (Å²) in [5.74, 6) is 0.617. The van der Waals surface area contributed by atoms with Crippen LogP contribution in [0.15, 0.2) is 18.2 Å². The number of nitrogens with one attached hydrogen (secondary N) is 1. The van der Waals surface area contributed by atoms with Crippen LogP contribution in [0.4, 0.5) is 24.5 Å². The first kappa shape index (κ1) is 14.4. The highest BCUT2D eigenvalue weighted by atomic mass is 19.4. The van der Waals surface area contributed by atoms with Crippen LogP contribution in [-0.2, 0) is 4.74 Å². The first-order valence-corrected chi connectivity index (χ1v) is 5.24. The molecule has 0 atom stereocenters. The molecule has 0 aliphatic heterocycles. The van der Waals surface area contributed by atoms with Crippen LogP contribution >= 0.6 is 0 Å². The molecule has 0 unspecified atom stereocenters. The van der Waals surface area contributed by atoms with E-state index in [1.165, 1.54) is 7.11 Å². The molecule has 7 heteroatoms. The van der Waals surface area contributed by atoms with E-state index in [2.05, 4.69) is 10.1 Å². The Morgan fingerprint density at radius 1 is 1.33 bits per heavy atom. The number of benzene rings is 1. The minimum Gasteiger partial charge on any atom is -0.497 e. The molecule has 0 saturated heterocycles. The third kappa shape index (κ3) is 5.13. The number of ether oxygens (including phenoxy) is 2. The number of alkyl halides is 3. The van der Waals surface area contributed by atoms with Crippen molar-refractivity contribution in [1.82, 2.24) is 0 Å². The SMILES string of the molecule is COc1ccc(NCCOCC(F)(F)F)c(N)c1. The highest BCUT2D eigenvalue weighted by Crippen LogP contribution is 2.23. The fourth-order valence-electron chi connectivity index (χ4n) is 1.27. The van der Waals surface area contributed by atoms with E-state index in [9.17, 15) is 13.2 Å². The Labute approximate surface area is 103 Å². The summed E-state index contributed by atoms with van der Waals surface area (Å²) in [4.78, 5) is 0. The molecule has 1 aromatic rings. The molecule has 0 aromatic heterocycles. The zero-order chi connectivity index (χ0) is 13.6. The predicted octanol–water partition coefficient (Wildman–Crippen LogP) is 2.27. The lowest BCUT2D eigenvalue weighted by atomic mass is 10.2. The summed E-state index contributed by atoms with van der Waals surface area (Å²) in [6.45, 7) is -1.05. The van der Waals surface area contributed by atoms with Gasteiger partial charge < -0.3 is 20.5 Å². The Balaban J connectivity index is 2.31. The number of rotatable bonds is 6. The standard InChI is InChI=1S/C11H15F3N2O2/c1-17-8-2-3-10(9(15)6-8)16-4-5-18-7-11(12,13)14/h2-3,6,16H,4-5,7,15H2,1H3. The van der Waals surface area contributed by atoms with Gasteiger partial charge in [-0.15, -0.1) is 0 Å². The van der Waals surface area contributed by atoms with Gasteiger partial charge in [-0.05, 0) is 12.1 Å². The lowest BCUT2D eigenvalue weighted by Crippen LogP contribution is -2.20. The van der Waals surface area contributed by atoms with Crippen LogP contribution in [0, 0.1) is 0 Å². The summed E-state index contributed by atoms with van der Waals surface area (Å²) in [5, 5.41) is 2.88. The molecule has 0 amide bonds. The fourth-order valence-corrected chi connectivity index (χ4v) is 1.27. The van der Waals surface area contributed by atoms with Gasteiger partial charge in [0.1, 0.15) is 12.4 Å². The molecule has 0 bridgehead atoms. The van der Waals surface area contributed by atoms with E-state index in [-0.39, 0.29) is 13.2 Å². The van der Waals surface area contributed by atoms with Crippen molar-refractivity contribution < 1.29 is 22.6 Å². The summed E-state index contributed by atoms with van der Waals surface area (Å²) >= 11 is 0. The molecule has 0 heterocycles. The van der Waals surface area contributed by atoms with Crippen molar-refractivity contribution in [3.8, 4) is 5.75 Å². The van der Waals surface area contributed by atoms with Gasteiger partial charge in [-0.1, -0.05) is 0 Å². The minimum atomic E-state index is -4.29. The highest BCUT2D eigenvalue weighted by molar-refractivity contribution is 5.68. The predicted molar refractivity (Wildman–Crippen MR) is 62.8 cm³/mol. The van der Waals surface area contributed by atoms with Crippen LogP contribution in [0.5, 0.6) is 5.75 Å². The molecule has 0 aliphatic carbocycles. The average Bonchev–Trinajstić information content (AvgIpc) is 2.29. The van der Waals surface area contributed by atoms with Crippen LogP contribution in [0.2, 0.25) is 0 Å². The highest BCUT2D eigenvalue weighted by Gasteiger charge is 2.27. The van der Waals surface area contributed by atoms with Gasteiger partial charge in [-0.25, -0.2) is 0 Å². The Morgan fingerprint density at radius 3 is 2.61 bits per heavy atom. The summed E-state index contributed by atoms with van der Waals surface area (Å²) < 4.78 is 44.7. The lowest BCUT2D eigenvalue weighted by Gasteiger charge is -2.11. The normalized spacial score (nSPS) is 11.3. The number of nitrogens with two attached hydrogens (primary N) is 1. The van der Waals surface area contributed by atoms with Crippen LogP contribution in [0.3, 0.4) is 0 Å². The van der Waals surface area contributed by atoms with E-state index in [1.807, 2.05) is 0 Å². The Kier molecular flexibility index (Phi) is 5.08. The monoisotopic (exact) mass is 264 g/mol. The van der Waals surface area contributed by atoms with Crippen molar-refractivity contribution in [3.05, 3.63) is 18.2 Å². The largest absolute Gasteiger partial charge is 0.497 e. The maximum Gasteiger partial charge on any atom is 0.411 e. The summed E-state index contributed by atoms with van der Waals surface area (Å²) in [5.41, 5.74) is 6.81. The average molecular weight is 264 g/mol. The van der Waals surface area contributed by atoms with E-state index in [1.54, 1.807) is 18.2 Å². The van der Waals surface area contributed by atoms with Crippen LogP contribution in [0.1, 0.15) is 0 Å². The topological polar surface area (TPSA) is 56.5 Å². The van der Waals surface area contributed by atoms with Crippen molar-refractivity contribution >= 4 is 11.4 Å². The number of nitrogen functional groups attached to an aromatic ring is 1. The summed E-state index contributed by atoms with van der Waals surface area (Å²) in [6.07, 6.45) is -4.29. The molecule has 3 N–H and O–H groups in total.